The minimum absolute atomic E-state index is 0.233. The number of carboxylic acid groups (broad SMARTS) is 1. The summed E-state index contributed by atoms with van der Waals surface area (Å²) in [7, 11) is 1.38. The molecule has 0 atom stereocenters. The second kappa shape index (κ2) is 8.37. The maximum Gasteiger partial charge on any atom is 0.323 e. The number of hydrogen-bond acceptors (Lipinski definition) is 4. The average Bonchev–Trinajstić information content (AvgIpc) is 2.23. The molecule has 0 aromatic heterocycles. The molecular weight excluding hydrogens is 228 g/mol. The summed E-state index contributed by atoms with van der Waals surface area (Å²) >= 11 is 0. The van der Waals surface area contributed by atoms with E-state index < -0.39 is 12.0 Å². The Hall–Kier alpha value is -1.79. The van der Waals surface area contributed by atoms with Gasteiger partial charge in [0.25, 0.3) is 0 Å². The van der Waals surface area contributed by atoms with Crippen molar-refractivity contribution in [3.63, 3.8) is 0 Å². The van der Waals surface area contributed by atoms with Gasteiger partial charge in [-0.3, -0.25) is 9.59 Å². The Morgan fingerprint density at radius 2 is 2.00 bits per heavy atom. The van der Waals surface area contributed by atoms with Crippen LogP contribution in [-0.4, -0.2) is 54.7 Å². The summed E-state index contributed by atoms with van der Waals surface area (Å²) in [6.45, 7) is 2.01. The number of carbonyl (C=O) groups is 3. The Kier molecular flexibility index (Phi) is 7.49. The number of esters is 1. The van der Waals surface area contributed by atoms with Crippen molar-refractivity contribution in [1.82, 2.24) is 10.2 Å². The van der Waals surface area contributed by atoms with Crippen molar-refractivity contribution in [2.75, 3.05) is 26.7 Å². The smallest absolute Gasteiger partial charge is 0.323 e. The summed E-state index contributed by atoms with van der Waals surface area (Å²) in [5.41, 5.74) is 0. The van der Waals surface area contributed by atoms with E-state index in [1.54, 1.807) is 6.92 Å². The number of urea groups is 1. The summed E-state index contributed by atoms with van der Waals surface area (Å²) in [6.07, 6.45) is 0.697. The van der Waals surface area contributed by atoms with Gasteiger partial charge in [0.2, 0.25) is 0 Å². The number of aliphatic carboxylic acids is 1. The fourth-order valence-corrected chi connectivity index (χ4v) is 1.07. The van der Waals surface area contributed by atoms with E-state index in [0.717, 1.165) is 4.90 Å². The van der Waals surface area contributed by atoms with Crippen LogP contribution in [0.4, 0.5) is 4.79 Å². The highest BCUT2D eigenvalue weighted by molar-refractivity contribution is 5.79. The molecule has 0 aliphatic rings. The van der Waals surface area contributed by atoms with Crippen LogP contribution in [0, 0.1) is 0 Å². The van der Waals surface area contributed by atoms with Gasteiger partial charge in [0.15, 0.2) is 0 Å². The van der Waals surface area contributed by atoms with Crippen molar-refractivity contribution in [3.8, 4) is 0 Å². The zero-order valence-corrected chi connectivity index (χ0v) is 10.1. The first-order chi connectivity index (χ1) is 7.97. The molecule has 0 fully saturated rings. The molecule has 7 heteroatoms. The number of hydrogen-bond donors (Lipinski definition) is 2. The van der Waals surface area contributed by atoms with Crippen LogP contribution < -0.4 is 5.32 Å². The first-order valence-corrected chi connectivity index (χ1v) is 5.33. The number of nitrogens with one attached hydrogen (secondary N) is 1. The number of carbonyl (C=O) groups excluding carboxylic acids is 2. The predicted octanol–water partition coefficient (Wildman–Crippen LogP) is 0.0557. The van der Waals surface area contributed by atoms with Gasteiger partial charge in [-0.2, -0.15) is 0 Å². The van der Waals surface area contributed by atoms with Crippen LogP contribution in [0.5, 0.6) is 0 Å². The van der Waals surface area contributed by atoms with Crippen molar-refractivity contribution < 1.29 is 24.2 Å². The zero-order valence-electron chi connectivity index (χ0n) is 10.1. The van der Waals surface area contributed by atoms with Gasteiger partial charge in [0, 0.05) is 20.0 Å². The summed E-state index contributed by atoms with van der Waals surface area (Å²) in [4.78, 5) is 33.6. The number of ether oxygens (including phenoxy) is 1. The van der Waals surface area contributed by atoms with Gasteiger partial charge in [-0.1, -0.05) is 0 Å². The van der Waals surface area contributed by atoms with Gasteiger partial charge >= 0.3 is 18.0 Å². The second-order valence-corrected chi connectivity index (χ2v) is 3.39. The fourth-order valence-electron chi connectivity index (χ4n) is 1.07. The third-order valence-corrected chi connectivity index (χ3v) is 1.86. The molecule has 7 nitrogen and oxygen atoms in total. The fraction of sp³-hybridized carbons (Fsp3) is 0.700. The molecule has 0 aromatic carbocycles. The first kappa shape index (κ1) is 15.2. The molecule has 0 aromatic rings. The van der Waals surface area contributed by atoms with Crippen LogP contribution in [0.25, 0.3) is 0 Å². The lowest BCUT2D eigenvalue weighted by atomic mass is 10.3. The van der Waals surface area contributed by atoms with Gasteiger partial charge in [-0.15, -0.1) is 0 Å². The molecule has 98 valence electrons. The highest BCUT2D eigenvalue weighted by Crippen LogP contribution is 1.92. The lowest BCUT2D eigenvalue weighted by Crippen LogP contribution is -2.40. The van der Waals surface area contributed by atoms with E-state index in [1.165, 1.54) is 7.05 Å². The number of nitrogens with zero attached hydrogens (tertiary/aromatic N) is 1. The van der Waals surface area contributed by atoms with Gasteiger partial charge in [-0.05, 0) is 13.3 Å². The predicted molar refractivity (Wildman–Crippen MR) is 59.5 cm³/mol. The van der Waals surface area contributed by atoms with Gasteiger partial charge in [-0.25, -0.2) is 4.79 Å². The van der Waals surface area contributed by atoms with Crippen molar-refractivity contribution in [2.45, 2.75) is 19.8 Å². The van der Waals surface area contributed by atoms with Crippen LogP contribution in [-0.2, 0) is 14.3 Å². The Labute approximate surface area is 99.7 Å². The maximum atomic E-state index is 11.3. The number of likely N-dealkylation sites (N-methyl/N-ethyl adjacent to an activating group) is 1. The third kappa shape index (κ3) is 8.06. The molecule has 2 amide bonds. The number of carboxylic acids is 1. The van der Waals surface area contributed by atoms with E-state index in [1.807, 2.05) is 0 Å². The second-order valence-electron chi connectivity index (χ2n) is 3.39. The molecule has 0 aliphatic carbocycles. The molecule has 0 radical (unpaired) electrons. The van der Waals surface area contributed by atoms with Crippen LogP contribution in [0.2, 0.25) is 0 Å². The summed E-state index contributed by atoms with van der Waals surface area (Å²) in [6, 6.07) is -0.476. The largest absolute Gasteiger partial charge is 0.480 e. The van der Waals surface area contributed by atoms with E-state index in [9.17, 15) is 14.4 Å². The average molecular weight is 246 g/mol. The summed E-state index contributed by atoms with van der Waals surface area (Å²) < 4.78 is 4.71. The quantitative estimate of drug-likeness (QED) is 0.489. The van der Waals surface area contributed by atoms with Gasteiger partial charge in [0.1, 0.15) is 6.54 Å². The van der Waals surface area contributed by atoms with Crippen molar-refractivity contribution in [2.24, 2.45) is 0 Å². The molecule has 0 rings (SSSR count). The van der Waals surface area contributed by atoms with Crippen molar-refractivity contribution >= 4 is 18.0 Å². The molecule has 2 N–H and O–H groups in total. The molecule has 0 saturated carbocycles. The highest BCUT2D eigenvalue weighted by atomic mass is 16.5. The minimum atomic E-state index is -1.07. The Balaban J connectivity index is 3.64. The lowest BCUT2D eigenvalue weighted by Gasteiger charge is -2.15. The van der Waals surface area contributed by atoms with Crippen molar-refractivity contribution in [1.29, 1.82) is 0 Å². The van der Waals surface area contributed by atoms with Crippen LogP contribution in [0.3, 0.4) is 0 Å². The van der Waals surface area contributed by atoms with E-state index in [0.29, 0.717) is 19.6 Å². The monoisotopic (exact) mass is 246 g/mol. The molecule has 17 heavy (non-hydrogen) atoms. The SMILES string of the molecule is CCOC(=O)CCCNC(=O)N(C)CC(=O)O. The van der Waals surface area contributed by atoms with E-state index in [-0.39, 0.29) is 18.9 Å². The number of amides is 2. The summed E-state index contributed by atoms with van der Waals surface area (Å²) in [5.74, 6) is -1.38. The van der Waals surface area contributed by atoms with Gasteiger partial charge in [0.05, 0.1) is 6.61 Å². The maximum absolute atomic E-state index is 11.3. The summed E-state index contributed by atoms with van der Waals surface area (Å²) in [5, 5.41) is 11.0. The molecule has 0 unspecified atom stereocenters. The van der Waals surface area contributed by atoms with Crippen LogP contribution in [0.1, 0.15) is 19.8 Å². The highest BCUT2D eigenvalue weighted by Gasteiger charge is 2.11. The van der Waals surface area contributed by atoms with E-state index in [2.05, 4.69) is 5.32 Å². The molecule has 0 aliphatic heterocycles. The molecule has 0 bridgehead atoms. The molecule has 0 saturated heterocycles. The Morgan fingerprint density at radius 3 is 2.53 bits per heavy atom. The molecule has 0 spiro atoms. The molecular formula is C10H18N2O5. The number of rotatable bonds is 7. The van der Waals surface area contributed by atoms with Crippen LogP contribution >= 0.6 is 0 Å². The minimum Gasteiger partial charge on any atom is -0.480 e. The van der Waals surface area contributed by atoms with Gasteiger partial charge < -0.3 is 20.1 Å². The lowest BCUT2D eigenvalue weighted by molar-refractivity contribution is -0.143. The normalized spacial score (nSPS) is 9.53. The van der Waals surface area contributed by atoms with Crippen molar-refractivity contribution in [3.05, 3.63) is 0 Å². The first-order valence-electron chi connectivity index (χ1n) is 5.33. The Bertz CT molecular complexity index is 280. The standard InChI is InChI=1S/C10H18N2O5/c1-3-17-9(15)5-4-6-11-10(16)12(2)7-8(13)14/h3-7H2,1-2H3,(H,11,16)(H,13,14). The zero-order chi connectivity index (χ0) is 13.3. The van der Waals surface area contributed by atoms with E-state index >= 15 is 0 Å². The Morgan fingerprint density at radius 1 is 1.35 bits per heavy atom. The van der Waals surface area contributed by atoms with E-state index in [4.69, 9.17) is 9.84 Å². The topological polar surface area (TPSA) is 95.9 Å². The molecule has 0 heterocycles. The third-order valence-electron chi connectivity index (χ3n) is 1.86. The van der Waals surface area contributed by atoms with Crippen LogP contribution in [0.15, 0.2) is 0 Å².